The highest BCUT2D eigenvalue weighted by Crippen LogP contribution is 2.10. The molecule has 42 heavy (non-hydrogen) atoms. The van der Waals surface area contributed by atoms with Crippen LogP contribution in [0.5, 0.6) is 0 Å². The van der Waals surface area contributed by atoms with Crippen molar-refractivity contribution < 1.29 is 43.3 Å². The fourth-order valence-corrected chi connectivity index (χ4v) is 4.46. The number of nitrogens with two attached hydrogens (primary N) is 2. The SMILES string of the molecule is C[C@@H](CSCC(N)=O)C(=O)N[C@@H](CC(N)=O)C(=O)NCCOCCOCC(=O)NCCCCCCCCCCC(=O)O. The maximum absolute atomic E-state index is 12.4. The highest BCUT2D eigenvalue weighted by molar-refractivity contribution is 7.99. The Morgan fingerprint density at radius 2 is 1.38 bits per heavy atom. The largest absolute Gasteiger partial charge is 0.481 e. The summed E-state index contributed by atoms with van der Waals surface area (Å²) in [6, 6.07) is -1.14. The topological polar surface area (TPSA) is 229 Å². The lowest BCUT2D eigenvalue weighted by Crippen LogP contribution is -2.50. The number of aliphatic carboxylic acids is 1. The van der Waals surface area contributed by atoms with Crippen molar-refractivity contribution in [2.45, 2.75) is 77.2 Å². The van der Waals surface area contributed by atoms with E-state index in [1.54, 1.807) is 6.92 Å². The van der Waals surface area contributed by atoms with Gasteiger partial charge in [0.25, 0.3) is 0 Å². The maximum Gasteiger partial charge on any atom is 0.303 e. The van der Waals surface area contributed by atoms with Crippen LogP contribution in [0.25, 0.3) is 0 Å². The zero-order valence-electron chi connectivity index (χ0n) is 24.7. The molecule has 0 aromatic carbocycles. The van der Waals surface area contributed by atoms with Gasteiger partial charge in [-0.05, 0) is 12.8 Å². The van der Waals surface area contributed by atoms with Crippen molar-refractivity contribution in [2.24, 2.45) is 17.4 Å². The van der Waals surface area contributed by atoms with Crippen LogP contribution in [-0.2, 0) is 38.2 Å². The number of hydrogen-bond donors (Lipinski definition) is 6. The van der Waals surface area contributed by atoms with E-state index in [1.165, 1.54) is 11.8 Å². The third-order valence-electron chi connectivity index (χ3n) is 5.89. The monoisotopic (exact) mass is 619 g/mol. The lowest BCUT2D eigenvalue weighted by atomic mass is 10.1. The summed E-state index contributed by atoms with van der Waals surface area (Å²) in [6.07, 6.45) is 7.81. The van der Waals surface area contributed by atoms with Crippen LogP contribution in [0.15, 0.2) is 0 Å². The van der Waals surface area contributed by atoms with Crippen LogP contribution in [0.1, 0.15) is 71.1 Å². The van der Waals surface area contributed by atoms with Crippen LogP contribution in [0.2, 0.25) is 0 Å². The first-order valence-corrected chi connectivity index (χ1v) is 15.5. The van der Waals surface area contributed by atoms with E-state index in [2.05, 4.69) is 16.0 Å². The first-order chi connectivity index (χ1) is 20.0. The zero-order valence-corrected chi connectivity index (χ0v) is 25.5. The summed E-state index contributed by atoms with van der Waals surface area (Å²) in [7, 11) is 0. The highest BCUT2D eigenvalue weighted by atomic mass is 32.2. The predicted octanol–water partition coefficient (Wildman–Crippen LogP) is 0.0623. The lowest BCUT2D eigenvalue weighted by Gasteiger charge is -2.19. The Kier molecular flexibility index (Phi) is 24.0. The number of primary amides is 2. The molecule has 0 aromatic rings. The van der Waals surface area contributed by atoms with Gasteiger partial charge in [0.05, 0.1) is 32.0 Å². The van der Waals surface area contributed by atoms with Crippen molar-refractivity contribution >= 4 is 47.3 Å². The Labute approximate surface area is 252 Å². The second-order valence-corrected chi connectivity index (χ2v) is 10.9. The average molecular weight is 620 g/mol. The summed E-state index contributed by atoms with van der Waals surface area (Å²) in [5, 5.41) is 16.5. The number of carboxylic acid groups (broad SMARTS) is 1. The third-order valence-corrected chi connectivity index (χ3v) is 7.11. The number of carbonyl (C=O) groups is 6. The summed E-state index contributed by atoms with van der Waals surface area (Å²) < 4.78 is 10.7. The minimum Gasteiger partial charge on any atom is -0.481 e. The van der Waals surface area contributed by atoms with Gasteiger partial charge in [-0.25, -0.2) is 0 Å². The minimum absolute atomic E-state index is 0.0731. The van der Waals surface area contributed by atoms with Crippen LogP contribution < -0.4 is 27.4 Å². The van der Waals surface area contributed by atoms with Gasteiger partial charge in [-0.2, -0.15) is 11.8 Å². The van der Waals surface area contributed by atoms with Crippen LogP contribution in [0.3, 0.4) is 0 Å². The Hall–Kier alpha value is -2.91. The van der Waals surface area contributed by atoms with E-state index in [9.17, 15) is 28.8 Å². The first-order valence-electron chi connectivity index (χ1n) is 14.4. The first kappa shape index (κ1) is 39.1. The fraction of sp³-hybridized carbons (Fsp3) is 0.778. The smallest absolute Gasteiger partial charge is 0.303 e. The van der Waals surface area contributed by atoms with E-state index >= 15 is 0 Å². The van der Waals surface area contributed by atoms with Crippen molar-refractivity contribution in [3.05, 3.63) is 0 Å². The van der Waals surface area contributed by atoms with Gasteiger partial charge in [0.2, 0.25) is 29.5 Å². The fourth-order valence-electron chi connectivity index (χ4n) is 3.63. The van der Waals surface area contributed by atoms with Crippen molar-refractivity contribution in [3.8, 4) is 0 Å². The van der Waals surface area contributed by atoms with Crippen molar-refractivity contribution in [1.82, 2.24) is 16.0 Å². The molecule has 5 amide bonds. The molecule has 0 saturated carbocycles. The summed E-state index contributed by atoms with van der Waals surface area (Å²) in [5.41, 5.74) is 10.3. The molecule has 0 unspecified atom stereocenters. The molecule has 15 heteroatoms. The molecule has 0 aliphatic heterocycles. The van der Waals surface area contributed by atoms with E-state index in [4.69, 9.17) is 26.0 Å². The van der Waals surface area contributed by atoms with Gasteiger partial charge in [0, 0.05) is 31.2 Å². The Morgan fingerprint density at radius 1 is 0.762 bits per heavy atom. The number of amides is 5. The summed E-state index contributed by atoms with van der Waals surface area (Å²) in [5.74, 6) is -3.35. The highest BCUT2D eigenvalue weighted by Gasteiger charge is 2.25. The van der Waals surface area contributed by atoms with Gasteiger partial charge in [-0.15, -0.1) is 0 Å². The van der Waals surface area contributed by atoms with E-state index in [-0.39, 0.29) is 57.5 Å². The van der Waals surface area contributed by atoms with Crippen LogP contribution >= 0.6 is 11.8 Å². The number of carbonyl (C=O) groups excluding carboxylic acids is 5. The Bertz CT molecular complexity index is 832. The van der Waals surface area contributed by atoms with E-state index in [0.717, 1.165) is 51.4 Å². The molecule has 0 bridgehead atoms. The lowest BCUT2D eigenvalue weighted by molar-refractivity contribution is -0.137. The molecule has 0 aliphatic rings. The predicted molar refractivity (Wildman–Crippen MR) is 158 cm³/mol. The molecule has 0 spiro atoms. The molecule has 2 atom stereocenters. The van der Waals surface area contributed by atoms with Crippen molar-refractivity contribution in [2.75, 3.05) is 51.0 Å². The Balaban J connectivity index is 3.85. The molecule has 8 N–H and O–H groups in total. The standard InChI is InChI=1S/C27H49N5O9S/c1-20(18-42-19-23(29)34)26(38)32-21(16-22(28)33)27(39)31-12-13-40-14-15-41-17-24(35)30-11-9-7-5-3-2-4-6-8-10-25(36)37/h20-21H,2-19H2,1H3,(H2,28,33)(H2,29,34)(H,30,35)(H,31,39)(H,32,38)(H,36,37)/t20-,21-/m0/s1. The van der Waals surface area contributed by atoms with Crippen LogP contribution in [0.4, 0.5) is 0 Å². The van der Waals surface area contributed by atoms with Gasteiger partial charge in [-0.1, -0.05) is 45.4 Å². The van der Waals surface area contributed by atoms with E-state index in [0.29, 0.717) is 12.3 Å². The number of thioether (sulfide) groups is 1. The number of hydrogen-bond acceptors (Lipinski definition) is 9. The summed E-state index contributed by atoms with van der Waals surface area (Å²) >= 11 is 1.19. The number of rotatable bonds is 28. The van der Waals surface area contributed by atoms with Gasteiger partial charge < -0.3 is 42.0 Å². The molecular formula is C27H49N5O9S. The van der Waals surface area contributed by atoms with Crippen molar-refractivity contribution in [3.63, 3.8) is 0 Å². The summed E-state index contributed by atoms with van der Waals surface area (Å²) in [6.45, 7) is 2.82. The number of carboxylic acids is 1. The average Bonchev–Trinajstić information content (AvgIpc) is 2.91. The molecule has 242 valence electrons. The zero-order chi connectivity index (χ0) is 31.6. The summed E-state index contributed by atoms with van der Waals surface area (Å²) in [4.78, 5) is 69.2. The van der Waals surface area contributed by atoms with Crippen LogP contribution in [-0.4, -0.2) is 97.7 Å². The van der Waals surface area contributed by atoms with Gasteiger partial charge >= 0.3 is 5.97 Å². The third kappa shape index (κ3) is 24.9. The molecule has 0 aromatic heterocycles. The normalized spacial score (nSPS) is 12.2. The molecular weight excluding hydrogens is 570 g/mol. The molecule has 0 rings (SSSR count). The number of nitrogens with one attached hydrogen (secondary N) is 3. The molecule has 0 fully saturated rings. The molecule has 0 radical (unpaired) electrons. The van der Waals surface area contributed by atoms with Crippen LogP contribution in [0, 0.1) is 5.92 Å². The molecule has 14 nitrogen and oxygen atoms in total. The number of ether oxygens (including phenoxy) is 2. The quantitative estimate of drug-likeness (QED) is 0.0645. The van der Waals surface area contributed by atoms with Crippen molar-refractivity contribution in [1.29, 1.82) is 0 Å². The van der Waals surface area contributed by atoms with E-state index < -0.39 is 41.6 Å². The molecule has 0 aliphatic carbocycles. The molecule has 0 saturated heterocycles. The molecule has 0 heterocycles. The maximum atomic E-state index is 12.4. The van der Waals surface area contributed by atoms with Gasteiger partial charge in [0.1, 0.15) is 12.6 Å². The van der Waals surface area contributed by atoms with E-state index in [1.807, 2.05) is 0 Å². The Morgan fingerprint density at radius 3 is 2.00 bits per heavy atom. The second kappa shape index (κ2) is 25.8. The number of unbranched alkanes of at least 4 members (excludes halogenated alkanes) is 7. The van der Waals surface area contributed by atoms with Gasteiger partial charge in [-0.3, -0.25) is 28.8 Å². The minimum atomic E-state index is -1.14. The van der Waals surface area contributed by atoms with Gasteiger partial charge in [0.15, 0.2) is 0 Å². The second-order valence-electron chi connectivity index (χ2n) is 9.89.